The first-order valence-corrected chi connectivity index (χ1v) is 7.01. The molecule has 96 valence electrons. The van der Waals surface area contributed by atoms with E-state index in [1.807, 2.05) is 0 Å². The Bertz CT molecular complexity index is 268. The Morgan fingerprint density at radius 2 is 1.71 bits per heavy atom. The van der Waals surface area contributed by atoms with Crippen LogP contribution >= 0.6 is 0 Å². The number of unbranched alkanes of at least 4 members (excludes halogenated alkanes) is 2. The molecule has 0 fully saturated rings. The minimum Gasteiger partial charge on any atom is -0.381 e. The van der Waals surface area contributed by atoms with Crippen molar-refractivity contribution in [1.82, 2.24) is 0 Å². The summed E-state index contributed by atoms with van der Waals surface area (Å²) in [7, 11) is 0. The van der Waals surface area contributed by atoms with E-state index in [2.05, 4.69) is 44.2 Å². The van der Waals surface area contributed by atoms with Gasteiger partial charge in [0.25, 0.3) is 0 Å². The van der Waals surface area contributed by atoms with Crippen molar-refractivity contribution in [1.29, 1.82) is 0 Å². The van der Waals surface area contributed by atoms with Crippen LogP contribution in [0.3, 0.4) is 0 Å². The highest BCUT2D eigenvalue weighted by atomic mass is 16.5. The van der Waals surface area contributed by atoms with Gasteiger partial charge in [-0.25, -0.2) is 0 Å². The summed E-state index contributed by atoms with van der Waals surface area (Å²) in [5.41, 5.74) is 1.43. The van der Waals surface area contributed by atoms with E-state index in [-0.39, 0.29) is 0 Å². The molecule has 0 saturated carbocycles. The molecule has 1 aromatic carbocycles. The second-order valence-corrected chi connectivity index (χ2v) is 4.68. The van der Waals surface area contributed by atoms with Gasteiger partial charge in [0.15, 0.2) is 0 Å². The van der Waals surface area contributed by atoms with Gasteiger partial charge in [0.1, 0.15) is 0 Å². The van der Waals surface area contributed by atoms with Crippen LogP contribution in [-0.4, -0.2) is 13.2 Å². The Morgan fingerprint density at radius 1 is 1.00 bits per heavy atom. The van der Waals surface area contributed by atoms with Gasteiger partial charge >= 0.3 is 0 Å². The monoisotopic (exact) mass is 234 g/mol. The Labute approximate surface area is 106 Å². The fraction of sp³-hybridized carbons (Fsp3) is 0.625. The zero-order valence-corrected chi connectivity index (χ0v) is 11.3. The first-order chi connectivity index (χ1) is 8.38. The van der Waals surface area contributed by atoms with Gasteiger partial charge in [-0.3, -0.25) is 0 Å². The summed E-state index contributed by atoms with van der Waals surface area (Å²) in [6, 6.07) is 10.8. The molecule has 0 heterocycles. The Balaban J connectivity index is 2.43. The number of benzene rings is 1. The minimum absolute atomic E-state index is 0.577. The maximum atomic E-state index is 5.79. The molecule has 0 aliphatic heterocycles. The quantitative estimate of drug-likeness (QED) is 0.559. The molecule has 1 heteroatoms. The smallest absolute Gasteiger partial charge is 0.0534 e. The van der Waals surface area contributed by atoms with Gasteiger partial charge in [-0.1, -0.05) is 63.4 Å². The summed E-state index contributed by atoms with van der Waals surface area (Å²) >= 11 is 0. The van der Waals surface area contributed by atoms with Crippen molar-refractivity contribution in [3.05, 3.63) is 35.9 Å². The summed E-state index contributed by atoms with van der Waals surface area (Å²) in [5, 5.41) is 0. The van der Waals surface area contributed by atoms with Crippen molar-refractivity contribution in [2.24, 2.45) is 0 Å². The molecule has 1 atom stereocenters. The van der Waals surface area contributed by atoms with Gasteiger partial charge in [0.05, 0.1) is 6.61 Å². The summed E-state index contributed by atoms with van der Waals surface area (Å²) in [4.78, 5) is 0. The number of rotatable bonds is 9. The third kappa shape index (κ3) is 5.88. The molecule has 0 aliphatic rings. The standard InChI is InChI=1S/C16H26O/c1-3-5-10-16(14-17-13-6-4-2)15-11-8-7-9-12-15/h7-9,11-12,16H,3-6,10,13-14H2,1-2H3. The Kier molecular flexibility index (Phi) is 7.74. The number of ether oxygens (including phenoxy) is 1. The average Bonchev–Trinajstić information content (AvgIpc) is 2.39. The first kappa shape index (κ1) is 14.2. The van der Waals surface area contributed by atoms with Gasteiger partial charge in [-0.2, -0.15) is 0 Å². The molecule has 1 rings (SSSR count). The van der Waals surface area contributed by atoms with E-state index in [0.717, 1.165) is 13.2 Å². The van der Waals surface area contributed by atoms with Crippen LogP contribution in [0.25, 0.3) is 0 Å². The van der Waals surface area contributed by atoms with Crippen LogP contribution in [0.4, 0.5) is 0 Å². The molecule has 0 aliphatic carbocycles. The predicted molar refractivity (Wildman–Crippen MR) is 74.4 cm³/mol. The molecular formula is C16H26O. The van der Waals surface area contributed by atoms with Crippen LogP contribution in [0, 0.1) is 0 Å². The van der Waals surface area contributed by atoms with Crippen molar-refractivity contribution < 1.29 is 4.74 Å². The second kappa shape index (κ2) is 9.23. The zero-order valence-electron chi connectivity index (χ0n) is 11.3. The molecule has 1 aromatic rings. The van der Waals surface area contributed by atoms with Crippen molar-refractivity contribution in [3.8, 4) is 0 Å². The highest BCUT2D eigenvalue weighted by Crippen LogP contribution is 2.22. The van der Waals surface area contributed by atoms with E-state index >= 15 is 0 Å². The van der Waals surface area contributed by atoms with Gasteiger partial charge in [0, 0.05) is 12.5 Å². The topological polar surface area (TPSA) is 9.23 Å². The second-order valence-electron chi connectivity index (χ2n) is 4.68. The minimum atomic E-state index is 0.577. The van der Waals surface area contributed by atoms with Crippen molar-refractivity contribution in [3.63, 3.8) is 0 Å². The van der Waals surface area contributed by atoms with E-state index in [1.165, 1.54) is 37.7 Å². The van der Waals surface area contributed by atoms with E-state index in [9.17, 15) is 0 Å². The lowest BCUT2D eigenvalue weighted by Gasteiger charge is -2.17. The fourth-order valence-corrected chi connectivity index (χ4v) is 1.99. The first-order valence-electron chi connectivity index (χ1n) is 7.01. The summed E-state index contributed by atoms with van der Waals surface area (Å²) in [6.07, 6.45) is 6.18. The van der Waals surface area contributed by atoms with Crippen molar-refractivity contribution in [2.75, 3.05) is 13.2 Å². The van der Waals surface area contributed by atoms with Crippen molar-refractivity contribution in [2.45, 2.75) is 51.9 Å². The van der Waals surface area contributed by atoms with Crippen LogP contribution in [0.15, 0.2) is 30.3 Å². The molecule has 17 heavy (non-hydrogen) atoms. The van der Waals surface area contributed by atoms with Gasteiger partial charge in [-0.15, -0.1) is 0 Å². The third-order valence-electron chi connectivity index (χ3n) is 3.14. The van der Waals surface area contributed by atoms with Gasteiger partial charge in [0.2, 0.25) is 0 Å². The third-order valence-corrected chi connectivity index (χ3v) is 3.14. The normalized spacial score (nSPS) is 12.6. The summed E-state index contributed by atoms with van der Waals surface area (Å²) < 4.78 is 5.79. The van der Waals surface area contributed by atoms with Crippen LogP contribution in [0.2, 0.25) is 0 Å². The molecule has 0 saturated heterocycles. The fourth-order valence-electron chi connectivity index (χ4n) is 1.99. The molecule has 0 aromatic heterocycles. The lowest BCUT2D eigenvalue weighted by molar-refractivity contribution is 0.114. The van der Waals surface area contributed by atoms with E-state index in [0.29, 0.717) is 5.92 Å². The number of hydrogen-bond donors (Lipinski definition) is 0. The zero-order chi connectivity index (χ0) is 12.3. The lowest BCUT2D eigenvalue weighted by Crippen LogP contribution is -2.09. The van der Waals surface area contributed by atoms with E-state index in [4.69, 9.17) is 4.74 Å². The van der Waals surface area contributed by atoms with Gasteiger partial charge < -0.3 is 4.74 Å². The predicted octanol–water partition coefficient (Wildman–Crippen LogP) is 4.78. The lowest BCUT2D eigenvalue weighted by atomic mass is 9.94. The van der Waals surface area contributed by atoms with Crippen LogP contribution in [-0.2, 0) is 4.74 Å². The van der Waals surface area contributed by atoms with Crippen LogP contribution < -0.4 is 0 Å². The highest BCUT2D eigenvalue weighted by molar-refractivity contribution is 5.19. The molecule has 0 amide bonds. The maximum Gasteiger partial charge on any atom is 0.0534 e. The van der Waals surface area contributed by atoms with Crippen molar-refractivity contribution >= 4 is 0 Å². The molecular weight excluding hydrogens is 208 g/mol. The van der Waals surface area contributed by atoms with E-state index < -0.39 is 0 Å². The molecule has 1 nitrogen and oxygen atoms in total. The van der Waals surface area contributed by atoms with Crippen LogP contribution in [0.5, 0.6) is 0 Å². The summed E-state index contributed by atoms with van der Waals surface area (Å²) in [6.45, 7) is 6.24. The number of hydrogen-bond acceptors (Lipinski definition) is 1. The molecule has 0 spiro atoms. The summed E-state index contributed by atoms with van der Waals surface area (Å²) in [5.74, 6) is 0.577. The Hall–Kier alpha value is -0.820. The highest BCUT2D eigenvalue weighted by Gasteiger charge is 2.10. The van der Waals surface area contributed by atoms with Gasteiger partial charge in [-0.05, 0) is 18.4 Å². The Morgan fingerprint density at radius 3 is 2.35 bits per heavy atom. The molecule has 0 N–H and O–H groups in total. The van der Waals surface area contributed by atoms with Crippen LogP contribution in [0.1, 0.15) is 57.4 Å². The molecule has 0 radical (unpaired) electrons. The maximum absolute atomic E-state index is 5.79. The molecule has 0 bridgehead atoms. The SMILES string of the molecule is CCCCOCC(CCCC)c1ccccc1. The molecule has 1 unspecified atom stereocenters. The van der Waals surface area contributed by atoms with E-state index in [1.54, 1.807) is 0 Å². The average molecular weight is 234 g/mol. The largest absolute Gasteiger partial charge is 0.381 e.